The van der Waals surface area contributed by atoms with E-state index in [1.165, 1.54) is 6.21 Å². The minimum absolute atomic E-state index is 0.570. The molecular formula is C14H12ClNO. The van der Waals surface area contributed by atoms with Crippen molar-refractivity contribution in [3.63, 3.8) is 0 Å². The van der Waals surface area contributed by atoms with Crippen molar-refractivity contribution in [2.75, 3.05) is 0 Å². The van der Waals surface area contributed by atoms with Gasteiger partial charge in [-0.3, -0.25) is 0 Å². The molecule has 0 aliphatic heterocycles. The Morgan fingerprint density at radius 3 is 2.35 bits per heavy atom. The predicted molar refractivity (Wildman–Crippen MR) is 71.1 cm³/mol. The van der Waals surface area contributed by atoms with E-state index in [2.05, 4.69) is 0 Å². The molecule has 0 aliphatic rings. The maximum absolute atomic E-state index is 11.9. The van der Waals surface area contributed by atoms with E-state index >= 15 is 0 Å². The normalized spacial score (nSPS) is 11.5. The molecule has 0 atom stereocenters. The second-order valence-electron chi connectivity index (χ2n) is 3.81. The average molecular weight is 246 g/mol. The molecule has 0 aliphatic carbocycles. The Hall–Kier alpha value is -1.80. The van der Waals surface area contributed by atoms with Crippen LogP contribution in [0.2, 0.25) is 5.02 Å². The SMILES string of the molecule is Cc1ccc(/[N+]([O-])=C/c2ccccc2Cl)cc1. The molecule has 2 aromatic rings. The number of rotatable bonds is 2. The summed E-state index contributed by atoms with van der Waals surface area (Å²) in [6.45, 7) is 1.98. The third kappa shape index (κ3) is 2.86. The molecule has 86 valence electrons. The summed E-state index contributed by atoms with van der Waals surface area (Å²) in [4.78, 5) is 0. The van der Waals surface area contributed by atoms with Gasteiger partial charge in [-0.05, 0) is 19.1 Å². The van der Waals surface area contributed by atoms with Crippen LogP contribution in [0.1, 0.15) is 11.1 Å². The van der Waals surface area contributed by atoms with Crippen molar-refractivity contribution in [1.29, 1.82) is 0 Å². The van der Waals surface area contributed by atoms with Gasteiger partial charge in [-0.25, -0.2) is 0 Å². The fraction of sp³-hybridized carbons (Fsp3) is 0.0714. The van der Waals surface area contributed by atoms with Gasteiger partial charge >= 0.3 is 0 Å². The lowest BCUT2D eigenvalue weighted by molar-refractivity contribution is -0.354. The Kier molecular flexibility index (Phi) is 3.45. The summed E-state index contributed by atoms with van der Waals surface area (Å²) >= 11 is 5.98. The molecule has 0 amide bonds. The van der Waals surface area contributed by atoms with Gasteiger partial charge in [-0.1, -0.05) is 41.4 Å². The summed E-state index contributed by atoms with van der Waals surface area (Å²) in [5, 5.41) is 12.4. The molecule has 0 N–H and O–H groups in total. The molecule has 2 nitrogen and oxygen atoms in total. The first kappa shape index (κ1) is 11.7. The highest BCUT2D eigenvalue weighted by Crippen LogP contribution is 2.15. The monoisotopic (exact) mass is 245 g/mol. The van der Waals surface area contributed by atoms with Crippen molar-refractivity contribution in [1.82, 2.24) is 0 Å². The molecule has 0 aromatic heterocycles. The maximum atomic E-state index is 11.9. The predicted octanol–water partition coefficient (Wildman–Crippen LogP) is 3.91. The summed E-state index contributed by atoms with van der Waals surface area (Å²) in [7, 11) is 0. The molecule has 17 heavy (non-hydrogen) atoms. The lowest BCUT2D eigenvalue weighted by Gasteiger charge is -2.03. The molecule has 0 saturated carbocycles. The molecule has 0 spiro atoms. The van der Waals surface area contributed by atoms with Gasteiger partial charge in [0, 0.05) is 12.1 Å². The Morgan fingerprint density at radius 1 is 1.06 bits per heavy atom. The van der Waals surface area contributed by atoms with Crippen molar-refractivity contribution < 1.29 is 4.74 Å². The molecule has 0 radical (unpaired) electrons. The van der Waals surface area contributed by atoms with Gasteiger partial charge in [0.05, 0.1) is 10.6 Å². The van der Waals surface area contributed by atoms with Crippen LogP contribution in [0.25, 0.3) is 0 Å². The molecule has 0 saturated heterocycles. The van der Waals surface area contributed by atoms with Crippen LogP contribution in [0.15, 0.2) is 48.5 Å². The fourth-order valence-electron chi connectivity index (χ4n) is 1.47. The highest BCUT2D eigenvalue weighted by Gasteiger charge is 2.03. The van der Waals surface area contributed by atoms with E-state index in [0.717, 1.165) is 10.3 Å². The van der Waals surface area contributed by atoms with Crippen LogP contribution >= 0.6 is 11.6 Å². The minimum atomic E-state index is 0.570. The van der Waals surface area contributed by atoms with Gasteiger partial charge in [-0.2, -0.15) is 4.74 Å². The molecular weight excluding hydrogens is 234 g/mol. The topological polar surface area (TPSA) is 26.1 Å². The van der Waals surface area contributed by atoms with Crippen molar-refractivity contribution in [2.24, 2.45) is 0 Å². The maximum Gasteiger partial charge on any atom is 0.216 e. The van der Waals surface area contributed by atoms with Crippen molar-refractivity contribution in [3.8, 4) is 0 Å². The molecule has 0 unspecified atom stereocenters. The Bertz CT molecular complexity index is 546. The Labute approximate surface area is 105 Å². The molecule has 2 rings (SSSR count). The Balaban J connectivity index is 2.34. The zero-order chi connectivity index (χ0) is 12.3. The first-order valence-electron chi connectivity index (χ1n) is 5.29. The molecule has 0 fully saturated rings. The van der Waals surface area contributed by atoms with Crippen LogP contribution < -0.4 is 0 Å². The van der Waals surface area contributed by atoms with E-state index in [-0.39, 0.29) is 0 Å². The van der Waals surface area contributed by atoms with E-state index in [0.29, 0.717) is 16.3 Å². The molecule has 0 bridgehead atoms. The number of nitrogens with zero attached hydrogens (tertiary/aromatic N) is 1. The highest BCUT2D eigenvalue weighted by molar-refractivity contribution is 6.32. The number of hydrogen-bond acceptors (Lipinski definition) is 1. The van der Waals surface area contributed by atoms with Crippen LogP contribution in [0.4, 0.5) is 5.69 Å². The van der Waals surface area contributed by atoms with Crippen molar-refractivity contribution in [3.05, 3.63) is 69.9 Å². The van der Waals surface area contributed by atoms with E-state index < -0.39 is 0 Å². The second kappa shape index (κ2) is 5.02. The lowest BCUT2D eigenvalue weighted by Crippen LogP contribution is -1.99. The van der Waals surface area contributed by atoms with E-state index in [4.69, 9.17) is 11.6 Å². The number of hydrogen-bond donors (Lipinski definition) is 0. The summed E-state index contributed by atoms with van der Waals surface area (Å²) in [6.07, 6.45) is 1.48. The van der Waals surface area contributed by atoms with Gasteiger partial charge in [0.1, 0.15) is 0 Å². The van der Waals surface area contributed by atoms with Gasteiger partial charge < -0.3 is 5.21 Å². The summed E-state index contributed by atoms with van der Waals surface area (Å²) in [6, 6.07) is 14.6. The average Bonchev–Trinajstić information content (AvgIpc) is 2.33. The quantitative estimate of drug-likeness (QED) is 0.341. The minimum Gasteiger partial charge on any atom is -0.618 e. The largest absolute Gasteiger partial charge is 0.618 e. The van der Waals surface area contributed by atoms with Crippen molar-refractivity contribution >= 4 is 23.5 Å². The first-order valence-corrected chi connectivity index (χ1v) is 5.67. The third-order valence-electron chi connectivity index (χ3n) is 2.45. The standard InChI is InChI=1S/C14H12ClNO/c1-11-6-8-13(9-7-11)16(17)10-12-4-2-3-5-14(12)15/h2-10H,1H3/b16-10-. The zero-order valence-corrected chi connectivity index (χ0v) is 10.2. The van der Waals surface area contributed by atoms with E-state index in [1.54, 1.807) is 24.3 Å². The smallest absolute Gasteiger partial charge is 0.216 e. The van der Waals surface area contributed by atoms with Crippen molar-refractivity contribution in [2.45, 2.75) is 6.92 Å². The number of aryl methyl sites for hydroxylation is 1. The molecule has 3 heteroatoms. The second-order valence-corrected chi connectivity index (χ2v) is 4.22. The van der Waals surface area contributed by atoms with Gasteiger partial charge in [0.25, 0.3) is 0 Å². The summed E-state index contributed by atoms with van der Waals surface area (Å²) in [5.41, 5.74) is 2.43. The fourth-order valence-corrected chi connectivity index (χ4v) is 1.66. The lowest BCUT2D eigenvalue weighted by atomic mass is 10.2. The highest BCUT2D eigenvalue weighted by atomic mass is 35.5. The zero-order valence-electron chi connectivity index (χ0n) is 9.43. The van der Waals surface area contributed by atoms with Crippen LogP contribution in [0.3, 0.4) is 0 Å². The number of benzene rings is 2. The number of halogens is 1. The first-order chi connectivity index (χ1) is 8.16. The van der Waals surface area contributed by atoms with Gasteiger partial charge in [-0.15, -0.1) is 0 Å². The van der Waals surface area contributed by atoms with E-state index in [1.807, 2.05) is 31.2 Å². The summed E-state index contributed by atoms with van der Waals surface area (Å²) in [5.74, 6) is 0. The van der Waals surface area contributed by atoms with Crippen LogP contribution in [-0.4, -0.2) is 11.0 Å². The summed E-state index contributed by atoms with van der Waals surface area (Å²) < 4.78 is 0.820. The van der Waals surface area contributed by atoms with Gasteiger partial charge in [0.2, 0.25) is 5.69 Å². The van der Waals surface area contributed by atoms with E-state index in [9.17, 15) is 5.21 Å². The Morgan fingerprint density at radius 2 is 1.71 bits per heavy atom. The molecule has 0 heterocycles. The van der Waals surface area contributed by atoms with Gasteiger partial charge in [0.15, 0.2) is 6.21 Å². The van der Waals surface area contributed by atoms with Crippen LogP contribution in [-0.2, 0) is 0 Å². The van der Waals surface area contributed by atoms with Crippen LogP contribution in [0, 0.1) is 12.1 Å². The molecule has 2 aromatic carbocycles. The van der Waals surface area contributed by atoms with Crippen LogP contribution in [0.5, 0.6) is 0 Å². The third-order valence-corrected chi connectivity index (χ3v) is 2.79.